The Labute approximate surface area is 154 Å². The van der Waals surface area contributed by atoms with Crippen molar-refractivity contribution < 1.29 is 24.9 Å². The van der Waals surface area contributed by atoms with Gasteiger partial charge in [0, 0.05) is 24.2 Å². The quantitative estimate of drug-likeness (QED) is 0.534. The molecule has 0 saturated heterocycles. The van der Waals surface area contributed by atoms with E-state index in [0.29, 0.717) is 11.3 Å². The van der Waals surface area contributed by atoms with Crippen LogP contribution < -0.4 is 5.32 Å². The molecule has 2 heterocycles. The number of carbonyl (C=O) groups is 2. The molecule has 0 spiro atoms. The highest BCUT2D eigenvalue weighted by atomic mass is 16.4. The summed E-state index contributed by atoms with van der Waals surface area (Å²) in [6.45, 7) is 0. The van der Waals surface area contributed by atoms with Gasteiger partial charge in [-0.25, -0.2) is 4.79 Å². The van der Waals surface area contributed by atoms with Gasteiger partial charge >= 0.3 is 5.97 Å². The van der Waals surface area contributed by atoms with Crippen LogP contribution in [0.25, 0.3) is 5.69 Å². The van der Waals surface area contributed by atoms with E-state index in [0.717, 1.165) is 5.69 Å². The van der Waals surface area contributed by atoms with Crippen LogP contribution in [0.4, 0.5) is 5.69 Å². The average molecular weight is 364 g/mol. The molecule has 1 aliphatic heterocycles. The van der Waals surface area contributed by atoms with Crippen LogP contribution in [-0.4, -0.2) is 31.8 Å². The maximum absolute atomic E-state index is 12.3. The lowest BCUT2D eigenvalue weighted by molar-refractivity contribution is -0.116. The lowest BCUT2D eigenvalue weighted by atomic mass is 9.88. The summed E-state index contributed by atoms with van der Waals surface area (Å²) in [5.41, 5.74) is 2.22. The van der Waals surface area contributed by atoms with Gasteiger partial charge in [0.15, 0.2) is 11.5 Å². The number of anilines is 1. The number of phenols is 2. The van der Waals surface area contributed by atoms with Crippen molar-refractivity contribution in [3.63, 3.8) is 0 Å². The molecule has 4 rings (SSSR count). The second kappa shape index (κ2) is 6.21. The van der Waals surface area contributed by atoms with Crippen LogP contribution in [0.1, 0.15) is 34.0 Å². The van der Waals surface area contributed by atoms with Crippen molar-refractivity contribution >= 4 is 17.6 Å². The number of hydrogen-bond donors (Lipinski definition) is 4. The van der Waals surface area contributed by atoms with Crippen molar-refractivity contribution in [3.05, 3.63) is 71.5 Å². The number of carbonyl (C=O) groups excluding carboxylic acids is 1. The topological polar surface area (TPSA) is 112 Å². The van der Waals surface area contributed by atoms with Crippen LogP contribution in [0.15, 0.2) is 54.7 Å². The molecule has 1 aromatic heterocycles. The number of hydrogen-bond acceptors (Lipinski definition) is 4. The number of nitrogens with one attached hydrogen (secondary N) is 1. The van der Waals surface area contributed by atoms with Gasteiger partial charge in [0.25, 0.3) is 0 Å². The SMILES string of the molecule is O=C1CC(c2ccc(O)c(O)c2)c2c(c(C(=O)O)cn2-c2ccccc2)N1. The number of benzene rings is 2. The van der Waals surface area contributed by atoms with Crippen LogP contribution in [-0.2, 0) is 4.79 Å². The molecule has 27 heavy (non-hydrogen) atoms. The predicted molar refractivity (Wildman–Crippen MR) is 97.6 cm³/mol. The Hall–Kier alpha value is -3.74. The number of amides is 1. The van der Waals surface area contributed by atoms with Crippen LogP contribution in [0, 0.1) is 0 Å². The van der Waals surface area contributed by atoms with Gasteiger partial charge in [-0.3, -0.25) is 4.79 Å². The second-order valence-corrected chi connectivity index (χ2v) is 6.37. The molecular formula is C20H16N2O5. The summed E-state index contributed by atoms with van der Waals surface area (Å²) < 4.78 is 1.74. The van der Waals surface area contributed by atoms with Crippen LogP contribution in [0.2, 0.25) is 0 Å². The molecule has 1 atom stereocenters. The number of nitrogens with zero attached hydrogens (tertiary/aromatic N) is 1. The summed E-state index contributed by atoms with van der Waals surface area (Å²) in [6, 6.07) is 13.6. The second-order valence-electron chi connectivity index (χ2n) is 6.37. The van der Waals surface area contributed by atoms with Gasteiger partial charge in [-0.2, -0.15) is 0 Å². The first-order valence-electron chi connectivity index (χ1n) is 8.31. The van der Waals surface area contributed by atoms with Gasteiger partial charge in [0.1, 0.15) is 5.56 Å². The van der Waals surface area contributed by atoms with E-state index in [4.69, 9.17) is 0 Å². The fourth-order valence-electron chi connectivity index (χ4n) is 3.46. The summed E-state index contributed by atoms with van der Waals surface area (Å²) in [5, 5.41) is 31.7. The number of aromatic nitrogens is 1. The zero-order valence-electron chi connectivity index (χ0n) is 14.1. The zero-order chi connectivity index (χ0) is 19.1. The van der Waals surface area contributed by atoms with Gasteiger partial charge < -0.3 is 25.2 Å². The zero-order valence-corrected chi connectivity index (χ0v) is 14.1. The Balaban J connectivity index is 1.97. The molecule has 2 aromatic carbocycles. The Morgan fingerprint density at radius 3 is 2.48 bits per heavy atom. The number of para-hydroxylation sites is 1. The van der Waals surface area contributed by atoms with E-state index in [9.17, 15) is 24.9 Å². The number of phenolic OH excluding ortho intramolecular Hbond substituents is 2. The van der Waals surface area contributed by atoms with Crippen molar-refractivity contribution in [2.24, 2.45) is 0 Å². The van der Waals surface area contributed by atoms with E-state index in [1.54, 1.807) is 10.6 Å². The van der Waals surface area contributed by atoms with E-state index in [-0.39, 0.29) is 35.1 Å². The third-order valence-corrected chi connectivity index (χ3v) is 4.69. The molecule has 3 aromatic rings. The lowest BCUT2D eigenvalue weighted by Gasteiger charge is -2.26. The summed E-state index contributed by atoms with van der Waals surface area (Å²) >= 11 is 0. The van der Waals surface area contributed by atoms with Crippen molar-refractivity contribution in [1.29, 1.82) is 0 Å². The van der Waals surface area contributed by atoms with Crippen LogP contribution in [0.3, 0.4) is 0 Å². The van der Waals surface area contributed by atoms with Gasteiger partial charge in [-0.1, -0.05) is 24.3 Å². The van der Waals surface area contributed by atoms with Gasteiger partial charge in [-0.05, 0) is 29.8 Å². The monoisotopic (exact) mass is 364 g/mol. The highest BCUT2D eigenvalue weighted by Gasteiger charge is 2.34. The number of aromatic carboxylic acids is 1. The Kier molecular flexibility index (Phi) is 3.84. The summed E-state index contributed by atoms with van der Waals surface area (Å²) in [5.74, 6) is -2.49. The minimum Gasteiger partial charge on any atom is -0.504 e. The first-order valence-corrected chi connectivity index (χ1v) is 8.31. The molecule has 0 saturated carbocycles. The smallest absolute Gasteiger partial charge is 0.339 e. The maximum Gasteiger partial charge on any atom is 0.339 e. The maximum atomic E-state index is 12.3. The molecule has 4 N–H and O–H groups in total. The molecule has 0 aliphatic carbocycles. The van der Waals surface area contributed by atoms with Gasteiger partial charge in [0.2, 0.25) is 5.91 Å². The first-order chi connectivity index (χ1) is 13.0. The molecule has 0 bridgehead atoms. The van der Waals surface area contributed by atoms with Crippen molar-refractivity contribution in [2.45, 2.75) is 12.3 Å². The van der Waals surface area contributed by atoms with Crippen molar-refractivity contribution in [1.82, 2.24) is 4.57 Å². The normalized spacial score (nSPS) is 15.9. The molecule has 7 nitrogen and oxygen atoms in total. The number of fused-ring (bicyclic) bond motifs is 1. The van der Waals surface area contributed by atoms with E-state index >= 15 is 0 Å². The lowest BCUT2D eigenvalue weighted by Crippen LogP contribution is -2.25. The standard InChI is InChI=1S/C20H16N2O5/c23-15-7-6-11(8-16(15)24)13-9-17(25)21-18-14(20(26)27)10-22(19(13)18)12-4-2-1-3-5-12/h1-8,10,13,23-24H,9H2,(H,21,25)(H,26,27). The van der Waals surface area contributed by atoms with Crippen molar-refractivity contribution in [2.75, 3.05) is 5.32 Å². The Morgan fingerprint density at radius 1 is 1.07 bits per heavy atom. The molecule has 0 radical (unpaired) electrons. The molecule has 7 heteroatoms. The first kappa shape index (κ1) is 16.7. The van der Waals surface area contributed by atoms with E-state index < -0.39 is 11.9 Å². The summed E-state index contributed by atoms with van der Waals surface area (Å²) in [4.78, 5) is 24.0. The van der Waals surface area contributed by atoms with Gasteiger partial charge in [-0.15, -0.1) is 0 Å². The summed E-state index contributed by atoms with van der Waals surface area (Å²) in [7, 11) is 0. The largest absolute Gasteiger partial charge is 0.504 e. The molecular weight excluding hydrogens is 348 g/mol. The van der Waals surface area contributed by atoms with Crippen LogP contribution >= 0.6 is 0 Å². The Morgan fingerprint density at radius 2 is 1.81 bits per heavy atom. The number of rotatable bonds is 3. The highest BCUT2D eigenvalue weighted by molar-refractivity contribution is 6.04. The van der Waals surface area contributed by atoms with E-state index in [2.05, 4.69) is 5.32 Å². The van der Waals surface area contributed by atoms with E-state index in [1.165, 1.54) is 18.3 Å². The van der Waals surface area contributed by atoms with E-state index in [1.807, 2.05) is 30.3 Å². The highest BCUT2D eigenvalue weighted by Crippen LogP contribution is 2.43. The number of aromatic hydroxyl groups is 2. The number of carboxylic acids is 1. The van der Waals surface area contributed by atoms with Crippen molar-refractivity contribution in [3.8, 4) is 17.2 Å². The Bertz CT molecular complexity index is 1060. The summed E-state index contributed by atoms with van der Waals surface area (Å²) in [6.07, 6.45) is 1.58. The van der Waals surface area contributed by atoms with Crippen LogP contribution in [0.5, 0.6) is 11.5 Å². The third-order valence-electron chi connectivity index (χ3n) is 4.69. The molecule has 1 aliphatic rings. The average Bonchev–Trinajstić information content (AvgIpc) is 3.03. The minimum absolute atomic E-state index is 0.00472. The molecule has 1 unspecified atom stereocenters. The fraction of sp³-hybridized carbons (Fsp3) is 0.100. The minimum atomic E-state index is -1.14. The molecule has 0 fully saturated rings. The third kappa shape index (κ3) is 2.79. The predicted octanol–water partition coefficient (Wildman–Crippen LogP) is 3.06. The molecule has 1 amide bonds. The fourth-order valence-corrected chi connectivity index (χ4v) is 3.46. The van der Waals surface area contributed by atoms with Gasteiger partial charge in [0.05, 0.1) is 11.4 Å². The molecule has 136 valence electrons. The number of carboxylic acid groups (broad SMARTS) is 1.